The van der Waals surface area contributed by atoms with Crippen molar-refractivity contribution in [2.24, 2.45) is 18.7 Å². The Morgan fingerprint density at radius 1 is 1.69 bits per heavy atom. The Morgan fingerprint density at radius 2 is 2.38 bits per heavy atom. The van der Waals surface area contributed by atoms with Crippen molar-refractivity contribution >= 4 is 5.78 Å². The maximum atomic E-state index is 12.1. The summed E-state index contributed by atoms with van der Waals surface area (Å²) in [7, 11) is 3.28. The van der Waals surface area contributed by atoms with E-state index in [4.69, 9.17) is 10.5 Å². The van der Waals surface area contributed by atoms with Gasteiger partial charge in [-0.05, 0) is 19.4 Å². The zero-order valence-corrected chi connectivity index (χ0v) is 10.1. The zero-order valence-electron chi connectivity index (χ0n) is 10.1. The van der Waals surface area contributed by atoms with Crippen LogP contribution in [0.15, 0.2) is 6.20 Å². The highest BCUT2D eigenvalue weighted by molar-refractivity contribution is 5.98. The van der Waals surface area contributed by atoms with Gasteiger partial charge >= 0.3 is 0 Å². The molecule has 0 radical (unpaired) electrons. The van der Waals surface area contributed by atoms with Crippen molar-refractivity contribution < 1.29 is 9.53 Å². The first-order valence-corrected chi connectivity index (χ1v) is 5.42. The second kappa shape index (κ2) is 5.65. The lowest BCUT2D eigenvalue weighted by atomic mass is 9.98. The van der Waals surface area contributed by atoms with E-state index in [1.54, 1.807) is 25.0 Å². The van der Waals surface area contributed by atoms with Gasteiger partial charge in [0.05, 0.1) is 13.3 Å². The van der Waals surface area contributed by atoms with Gasteiger partial charge in [0, 0.05) is 13.0 Å². The highest BCUT2D eigenvalue weighted by Crippen LogP contribution is 2.22. The molecule has 1 unspecified atom stereocenters. The Hall–Kier alpha value is -1.36. The van der Waals surface area contributed by atoms with E-state index in [9.17, 15) is 4.79 Å². The topological polar surface area (TPSA) is 70.1 Å². The average Bonchev–Trinajstić information content (AvgIpc) is 2.66. The fraction of sp³-hybridized carbons (Fsp3) is 0.636. The normalized spacial score (nSPS) is 12.5. The largest absolute Gasteiger partial charge is 0.493 e. The van der Waals surface area contributed by atoms with Crippen molar-refractivity contribution in [3.05, 3.63) is 11.9 Å². The number of ether oxygens (including phenoxy) is 1. The molecule has 0 saturated carbocycles. The van der Waals surface area contributed by atoms with Crippen molar-refractivity contribution in [3.63, 3.8) is 0 Å². The van der Waals surface area contributed by atoms with Crippen LogP contribution >= 0.6 is 0 Å². The molecular formula is C11H19N3O2. The van der Waals surface area contributed by atoms with Crippen molar-refractivity contribution in [1.29, 1.82) is 0 Å². The number of hydrogen-bond acceptors (Lipinski definition) is 4. The van der Waals surface area contributed by atoms with Crippen molar-refractivity contribution in [2.75, 3.05) is 13.7 Å². The first-order valence-electron chi connectivity index (χ1n) is 5.42. The Morgan fingerprint density at radius 3 is 2.94 bits per heavy atom. The molecule has 0 spiro atoms. The van der Waals surface area contributed by atoms with Crippen LogP contribution in [-0.2, 0) is 7.05 Å². The maximum absolute atomic E-state index is 12.1. The monoisotopic (exact) mass is 225 g/mol. The Balaban J connectivity index is 2.82. The van der Waals surface area contributed by atoms with Crippen LogP contribution in [-0.4, -0.2) is 29.2 Å². The number of Topliss-reactive ketones (excluding diaryl/α,β-unsaturated/α-hetero) is 1. The Bertz CT molecular complexity index is 360. The van der Waals surface area contributed by atoms with Crippen molar-refractivity contribution in [2.45, 2.75) is 19.8 Å². The molecule has 0 saturated heterocycles. The highest BCUT2D eigenvalue weighted by atomic mass is 16.5. The van der Waals surface area contributed by atoms with Crippen LogP contribution < -0.4 is 10.5 Å². The standard InChI is InChI=1S/C11H19N3O2/c1-8(5-4-6-12)11(15)10-9(16-3)7-13-14(10)2/h7-8H,4-6,12H2,1-3H3. The fourth-order valence-electron chi connectivity index (χ4n) is 1.64. The van der Waals surface area contributed by atoms with Gasteiger partial charge in [-0.2, -0.15) is 5.10 Å². The Labute approximate surface area is 95.6 Å². The lowest BCUT2D eigenvalue weighted by Crippen LogP contribution is -2.17. The molecule has 16 heavy (non-hydrogen) atoms. The number of aryl methyl sites for hydroxylation is 1. The van der Waals surface area contributed by atoms with Crippen LogP contribution in [0.1, 0.15) is 30.3 Å². The number of methoxy groups -OCH3 is 1. The number of carbonyl (C=O) groups is 1. The molecule has 0 aliphatic heterocycles. The molecule has 0 aliphatic rings. The van der Waals surface area contributed by atoms with E-state index in [0.717, 1.165) is 12.8 Å². The summed E-state index contributed by atoms with van der Waals surface area (Å²) in [6.07, 6.45) is 3.21. The molecule has 0 bridgehead atoms. The van der Waals surface area contributed by atoms with Crippen LogP contribution in [0, 0.1) is 5.92 Å². The predicted molar refractivity (Wildman–Crippen MR) is 61.5 cm³/mol. The van der Waals surface area contributed by atoms with Crippen molar-refractivity contribution in [3.8, 4) is 5.75 Å². The molecule has 1 heterocycles. The third-order valence-corrected chi connectivity index (χ3v) is 2.65. The molecule has 1 aromatic heterocycles. The molecule has 2 N–H and O–H groups in total. The van der Waals surface area contributed by atoms with Gasteiger partial charge in [0.1, 0.15) is 5.69 Å². The number of aromatic nitrogens is 2. The minimum atomic E-state index is -0.0483. The van der Waals surface area contributed by atoms with Gasteiger partial charge < -0.3 is 10.5 Å². The van der Waals surface area contributed by atoms with Crippen LogP contribution in [0.2, 0.25) is 0 Å². The second-order valence-electron chi connectivity index (χ2n) is 3.88. The van der Waals surface area contributed by atoms with E-state index >= 15 is 0 Å². The van der Waals surface area contributed by atoms with E-state index in [1.807, 2.05) is 6.92 Å². The molecule has 1 rings (SSSR count). The molecule has 5 nitrogen and oxygen atoms in total. The van der Waals surface area contributed by atoms with Gasteiger partial charge in [0.15, 0.2) is 11.5 Å². The lowest BCUT2D eigenvalue weighted by Gasteiger charge is -2.10. The van der Waals surface area contributed by atoms with E-state index in [1.165, 1.54) is 0 Å². The molecule has 0 amide bonds. The summed E-state index contributed by atoms with van der Waals surface area (Å²) in [6.45, 7) is 2.52. The van der Waals surface area contributed by atoms with Gasteiger partial charge in [-0.1, -0.05) is 6.92 Å². The summed E-state index contributed by atoms with van der Waals surface area (Å²) in [5.74, 6) is 0.547. The third-order valence-electron chi connectivity index (χ3n) is 2.65. The zero-order chi connectivity index (χ0) is 12.1. The minimum absolute atomic E-state index is 0.0483. The van der Waals surface area contributed by atoms with Crippen LogP contribution in [0.3, 0.4) is 0 Å². The number of carbonyl (C=O) groups excluding carboxylic acids is 1. The van der Waals surface area contributed by atoms with Gasteiger partial charge in [-0.15, -0.1) is 0 Å². The van der Waals surface area contributed by atoms with Gasteiger partial charge in [-0.3, -0.25) is 9.48 Å². The van der Waals surface area contributed by atoms with E-state index in [0.29, 0.717) is 18.0 Å². The molecule has 1 aromatic rings. The molecule has 5 heteroatoms. The number of nitrogens with two attached hydrogens (primary N) is 1. The second-order valence-corrected chi connectivity index (χ2v) is 3.88. The fourth-order valence-corrected chi connectivity index (χ4v) is 1.64. The number of rotatable bonds is 6. The molecular weight excluding hydrogens is 206 g/mol. The lowest BCUT2D eigenvalue weighted by molar-refractivity contribution is 0.0910. The highest BCUT2D eigenvalue weighted by Gasteiger charge is 2.22. The molecule has 0 aliphatic carbocycles. The smallest absolute Gasteiger partial charge is 0.187 e. The molecule has 1 atom stereocenters. The van der Waals surface area contributed by atoms with Crippen LogP contribution in [0.4, 0.5) is 0 Å². The van der Waals surface area contributed by atoms with Crippen LogP contribution in [0.25, 0.3) is 0 Å². The number of hydrogen-bond donors (Lipinski definition) is 1. The number of nitrogens with zero attached hydrogens (tertiary/aromatic N) is 2. The SMILES string of the molecule is COc1cnn(C)c1C(=O)C(C)CCCN. The van der Waals surface area contributed by atoms with Gasteiger partial charge in [-0.25, -0.2) is 0 Å². The summed E-state index contributed by atoms with van der Waals surface area (Å²) in [4.78, 5) is 12.1. The quantitative estimate of drug-likeness (QED) is 0.733. The van der Waals surface area contributed by atoms with E-state index in [-0.39, 0.29) is 11.7 Å². The van der Waals surface area contributed by atoms with Crippen molar-refractivity contribution in [1.82, 2.24) is 9.78 Å². The summed E-state index contributed by atoms with van der Waals surface area (Å²) in [5.41, 5.74) is 5.96. The molecule has 0 aromatic carbocycles. The minimum Gasteiger partial charge on any atom is -0.493 e. The summed E-state index contributed by atoms with van der Waals surface area (Å²) in [6, 6.07) is 0. The summed E-state index contributed by atoms with van der Waals surface area (Å²) < 4.78 is 6.67. The van der Waals surface area contributed by atoms with Gasteiger partial charge in [0.2, 0.25) is 0 Å². The van der Waals surface area contributed by atoms with E-state index in [2.05, 4.69) is 5.10 Å². The summed E-state index contributed by atoms with van der Waals surface area (Å²) >= 11 is 0. The van der Waals surface area contributed by atoms with Gasteiger partial charge in [0.25, 0.3) is 0 Å². The summed E-state index contributed by atoms with van der Waals surface area (Å²) in [5, 5.41) is 4.02. The average molecular weight is 225 g/mol. The third kappa shape index (κ3) is 2.61. The van der Waals surface area contributed by atoms with E-state index < -0.39 is 0 Å². The maximum Gasteiger partial charge on any atom is 0.187 e. The Kier molecular flexibility index (Phi) is 4.49. The first kappa shape index (κ1) is 12.7. The van der Waals surface area contributed by atoms with Crippen LogP contribution in [0.5, 0.6) is 5.75 Å². The first-order chi connectivity index (χ1) is 7.61. The number of ketones is 1. The molecule has 90 valence electrons. The molecule has 0 fully saturated rings. The predicted octanol–water partition coefficient (Wildman–Crippen LogP) is 0.986.